The summed E-state index contributed by atoms with van der Waals surface area (Å²) in [5, 5.41) is 0. The Balaban J connectivity index is 1.80. The van der Waals surface area contributed by atoms with Crippen LogP contribution >= 0.6 is 0 Å². The number of hydrogen-bond acceptors (Lipinski definition) is 10. The molecule has 2 atom stereocenters. The summed E-state index contributed by atoms with van der Waals surface area (Å²) in [5.74, 6) is 1.21. The van der Waals surface area contributed by atoms with Gasteiger partial charge in [-0.3, -0.25) is 4.90 Å². The fourth-order valence-electron chi connectivity index (χ4n) is 5.99. The van der Waals surface area contributed by atoms with E-state index in [9.17, 15) is 9.59 Å². The molecule has 10 heteroatoms. The Kier molecular flexibility index (Phi) is 6.83. The Morgan fingerprint density at radius 1 is 0.684 bits per heavy atom. The molecule has 0 radical (unpaired) electrons. The Bertz CT molecular complexity index is 1320. The summed E-state index contributed by atoms with van der Waals surface area (Å²) < 4.78 is 32.8. The van der Waals surface area contributed by atoms with Crippen LogP contribution in [0, 0.1) is 0 Å². The lowest BCUT2D eigenvalue weighted by Crippen LogP contribution is -2.55. The molecule has 0 bridgehead atoms. The van der Waals surface area contributed by atoms with Crippen molar-refractivity contribution in [3.8, 4) is 23.0 Å². The molecule has 0 aromatic heterocycles. The normalized spacial score (nSPS) is 19.9. The van der Waals surface area contributed by atoms with Crippen LogP contribution in [-0.2, 0) is 31.9 Å². The molecule has 0 spiro atoms. The first kappa shape index (κ1) is 25.7. The van der Waals surface area contributed by atoms with Crippen molar-refractivity contribution in [1.29, 1.82) is 0 Å². The van der Waals surface area contributed by atoms with Crippen LogP contribution in [-0.4, -0.2) is 77.5 Å². The van der Waals surface area contributed by atoms with Crippen LogP contribution in [0.25, 0.3) is 0 Å². The maximum atomic E-state index is 13.4. The van der Waals surface area contributed by atoms with E-state index in [-0.39, 0.29) is 17.4 Å². The highest BCUT2D eigenvalue weighted by Crippen LogP contribution is 2.52. The first-order chi connectivity index (χ1) is 18.4. The van der Waals surface area contributed by atoms with Gasteiger partial charge in [-0.15, -0.1) is 0 Å². The number of hydrogen-bond donors (Lipinski definition) is 0. The summed E-state index contributed by atoms with van der Waals surface area (Å²) in [6.45, 7) is 1.12. The van der Waals surface area contributed by atoms with E-state index >= 15 is 0 Å². The molecule has 0 saturated heterocycles. The highest BCUT2D eigenvalue weighted by molar-refractivity contribution is 6.01. The summed E-state index contributed by atoms with van der Waals surface area (Å²) in [6, 6.07) is 7.19. The molecular formula is C28H32N2O8. The van der Waals surface area contributed by atoms with Crippen molar-refractivity contribution < 1.29 is 38.0 Å². The largest absolute Gasteiger partial charge is 0.493 e. The van der Waals surface area contributed by atoms with Crippen molar-refractivity contribution in [1.82, 2.24) is 9.80 Å². The van der Waals surface area contributed by atoms with Gasteiger partial charge in [0.1, 0.15) is 11.9 Å². The molecule has 38 heavy (non-hydrogen) atoms. The second kappa shape index (κ2) is 10.1. The van der Waals surface area contributed by atoms with Crippen molar-refractivity contribution in [3.05, 3.63) is 57.8 Å². The summed E-state index contributed by atoms with van der Waals surface area (Å²) >= 11 is 0. The highest BCUT2D eigenvalue weighted by atomic mass is 16.5. The van der Waals surface area contributed by atoms with Gasteiger partial charge >= 0.3 is 11.9 Å². The molecule has 0 fully saturated rings. The summed E-state index contributed by atoms with van der Waals surface area (Å²) in [4.78, 5) is 31.0. The number of carbonyl (C=O) groups is 2. The summed E-state index contributed by atoms with van der Waals surface area (Å²) in [6.07, 6.45) is 0.995. The molecule has 3 aliphatic heterocycles. The predicted octanol–water partition coefficient (Wildman–Crippen LogP) is 2.79. The number of esters is 2. The summed E-state index contributed by atoms with van der Waals surface area (Å²) in [5.41, 5.74) is 4.37. The van der Waals surface area contributed by atoms with Gasteiger partial charge in [-0.2, -0.15) is 0 Å². The lowest BCUT2D eigenvalue weighted by Gasteiger charge is -2.54. The van der Waals surface area contributed by atoms with Crippen molar-refractivity contribution in [2.24, 2.45) is 0 Å². The molecule has 0 amide bonds. The van der Waals surface area contributed by atoms with Gasteiger partial charge < -0.3 is 33.3 Å². The molecule has 2 aromatic rings. The van der Waals surface area contributed by atoms with Crippen molar-refractivity contribution in [3.63, 3.8) is 0 Å². The fraction of sp³-hybridized carbons (Fsp3) is 0.429. The molecular weight excluding hydrogens is 492 g/mol. The molecule has 0 saturated carbocycles. The number of benzene rings is 2. The Morgan fingerprint density at radius 3 is 1.74 bits per heavy atom. The van der Waals surface area contributed by atoms with Gasteiger partial charge in [-0.1, -0.05) is 0 Å². The minimum atomic E-state index is -0.591. The van der Waals surface area contributed by atoms with Crippen LogP contribution in [0.1, 0.15) is 34.5 Å². The molecule has 0 N–H and O–H groups in total. The van der Waals surface area contributed by atoms with Gasteiger partial charge in [0.15, 0.2) is 23.0 Å². The second-order valence-electron chi connectivity index (χ2n) is 9.26. The van der Waals surface area contributed by atoms with Crippen molar-refractivity contribution >= 4 is 11.9 Å². The predicted molar refractivity (Wildman–Crippen MR) is 136 cm³/mol. The molecule has 3 heterocycles. The first-order valence-corrected chi connectivity index (χ1v) is 12.3. The average molecular weight is 525 g/mol. The van der Waals surface area contributed by atoms with Crippen LogP contribution in [0.3, 0.4) is 0 Å². The quantitative estimate of drug-likeness (QED) is 0.525. The molecule has 0 aliphatic carbocycles. The standard InChI is InChI=1S/C28H32N2O8/c1-33-19-11-15-7-9-29-24(17(15)13-21(19)35-3)23(27(31)37-5)25(28(32)38-6)30-10-8-16-12-20(34-2)22(36-4)14-18(16)26(29)30/h11-14,24,26H,7-10H2,1-6H3/t24-,26-/m0/s1. The maximum absolute atomic E-state index is 13.4. The molecule has 0 unspecified atom stereocenters. The zero-order valence-electron chi connectivity index (χ0n) is 22.5. The van der Waals surface area contributed by atoms with E-state index in [2.05, 4.69) is 4.90 Å². The molecule has 5 rings (SSSR count). The zero-order valence-corrected chi connectivity index (χ0v) is 22.5. The number of rotatable bonds is 6. The SMILES string of the molecule is COC(=O)C1=C(C(=O)OC)N2CCc3cc(OC)c(OC)cc3[C@H]2N2CCc3cc(OC)c(OC)cc3[C@@H]12. The topological polar surface area (TPSA) is 96.0 Å². The van der Waals surface area contributed by atoms with Crippen LogP contribution in [0.2, 0.25) is 0 Å². The third-order valence-electron chi connectivity index (χ3n) is 7.67. The minimum Gasteiger partial charge on any atom is -0.493 e. The molecule has 202 valence electrons. The number of fused-ring (bicyclic) bond motifs is 7. The maximum Gasteiger partial charge on any atom is 0.355 e. The highest BCUT2D eigenvalue weighted by Gasteiger charge is 2.51. The van der Waals surface area contributed by atoms with Crippen LogP contribution < -0.4 is 18.9 Å². The van der Waals surface area contributed by atoms with E-state index in [0.717, 1.165) is 22.3 Å². The van der Waals surface area contributed by atoms with Gasteiger partial charge in [0, 0.05) is 13.1 Å². The summed E-state index contributed by atoms with van der Waals surface area (Å²) in [7, 11) is 9.01. The second-order valence-corrected chi connectivity index (χ2v) is 9.26. The third kappa shape index (κ3) is 3.82. The number of carbonyl (C=O) groups excluding carboxylic acids is 2. The Labute approximate surface area is 221 Å². The van der Waals surface area contributed by atoms with E-state index in [1.165, 1.54) is 14.2 Å². The van der Waals surface area contributed by atoms with E-state index in [1.807, 2.05) is 29.2 Å². The Hall–Kier alpha value is -3.92. The Morgan fingerprint density at radius 2 is 1.18 bits per heavy atom. The van der Waals surface area contributed by atoms with Crippen molar-refractivity contribution in [2.75, 3.05) is 55.7 Å². The van der Waals surface area contributed by atoms with Crippen LogP contribution in [0.15, 0.2) is 35.5 Å². The first-order valence-electron chi connectivity index (χ1n) is 12.3. The van der Waals surface area contributed by atoms with Crippen LogP contribution in [0.4, 0.5) is 0 Å². The van der Waals surface area contributed by atoms with E-state index in [4.69, 9.17) is 28.4 Å². The van der Waals surface area contributed by atoms with Crippen molar-refractivity contribution in [2.45, 2.75) is 25.0 Å². The molecule has 3 aliphatic rings. The number of methoxy groups -OCH3 is 6. The van der Waals surface area contributed by atoms with E-state index in [1.54, 1.807) is 28.4 Å². The molecule has 2 aromatic carbocycles. The minimum absolute atomic E-state index is 0.202. The lowest BCUT2D eigenvalue weighted by atomic mass is 9.81. The van der Waals surface area contributed by atoms with Gasteiger partial charge in [0.2, 0.25) is 0 Å². The van der Waals surface area contributed by atoms with Gasteiger partial charge in [0.25, 0.3) is 0 Å². The molecule has 10 nitrogen and oxygen atoms in total. The monoisotopic (exact) mass is 524 g/mol. The average Bonchev–Trinajstić information content (AvgIpc) is 2.97. The fourth-order valence-corrected chi connectivity index (χ4v) is 5.99. The third-order valence-corrected chi connectivity index (χ3v) is 7.67. The number of ether oxygens (including phenoxy) is 6. The van der Waals surface area contributed by atoms with Gasteiger partial charge in [-0.25, -0.2) is 9.59 Å². The zero-order chi connectivity index (χ0) is 27.1. The van der Waals surface area contributed by atoms with E-state index < -0.39 is 18.0 Å². The van der Waals surface area contributed by atoms with Gasteiger partial charge in [0.05, 0.1) is 54.3 Å². The van der Waals surface area contributed by atoms with Gasteiger partial charge in [-0.05, 0) is 59.4 Å². The van der Waals surface area contributed by atoms with Crippen LogP contribution in [0.5, 0.6) is 23.0 Å². The smallest absolute Gasteiger partial charge is 0.355 e. The number of nitrogens with zero attached hydrogens (tertiary/aromatic N) is 2. The lowest BCUT2D eigenvalue weighted by molar-refractivity contribution is -0.145. The van der Waals surface area contributed by atoms with E-state index in [0.29, 0.717) is 48.9 Å².